The van der Waals surface area contributed by atoms with Gasteiger partial charge in [-0.2, -0.15) is 0 Å². The van der Waals surface area contributed by atoms with Crippen LogP contribution in [-0.4, -0.2) is 42.4 Å². The minimum Gasteiger partial charge on any atom is -0.497 e. The summed E-state index contributed by atoms with van der Waals surface area (Å²) in [4.78, 5) is 24.4. The topological polar surface area (TPSA) is 85.8 Å². The van der Waals surface area contributed by atoms with Crippen molar-refractivity contribution in [1.29, 1.82) is 0 Å². The first-order valence-electron chi connectivity index (χ1n) is 10.4. The Balaban J connectivity index is 1.32. The molecule has 0 spiro atoms. The first kappa shape index (κ1) is 19.4. The molecular formula is C23H24N4O4. The highest BCUT2D eigenvalue weighted by Gasteiger charge is 2.32. The van der Waals surface area contributed by atoms with Gasteiger partial charge in [0.25, 0.3) is 0 Å². The van der Waals surface area contributed by atoms with E-state index < -0.39 is 0 Å². The second kappa shape index (κ2) is 7.94. The molecule has 0 radical (unpaired) electrons. The van der Waals surface area contributed by atoms with E-state index in [1.165, 1.54) is 0 Å². The third-order valence-corrected chi connectivity index (χ3v) is 5.80. The van der Waals surface area contributed by atoms with Gasteiger partial charge < -0.3 is 24.4 Å². The molecule has 2 aromatic carbocycles. The highest BCUT2D eigenvalue weighted by atomic mass is 16.7. The van der Waals surface area contributed by atoms with Gasteiger partial charge in [-0.25, -0.2) is 9.97 Å². The molecular weight excluding hydrogens is 396 g/mol. The average molecular weight is 420 g/mol. The first-order chi connectivity index (χ1) is 15.1. The molecule has 3 aromatic rings. The zero-order valence-electron chi connectivity index (χ0n) is 17.6. The first-order valence-corrected chi connectivity index (χ1v) is 10.4. The van der Waals surface area contributed by atoms with Crippen molar-refractivity contribution in [2.24, 2.45) is 0 Å². The molecule has 0 unspecified atom stereocenters. The molecule has 1 N–H and O–H groups in total. The van der Waals surface area contributed by atoms with Gasteiger partial charge in [-0.05, 0) is 55.7 Å². The lowest BCUT2D eigenvalue weighted by Gasteiger charge is -2.24. The van der Waals surface area contributed by atoms with Crippen molar-refractivity contribution < 1.29 is 19.0 Å². The number of methoxy groups -OCH3 is 1. The third-order valence-electron chi connectivity index (χ3n) is 5.80. The number of carbonyl (C=O) groups is 1. The van der Waals surface area contributed by atoms with E-state index in [4.69, 9.17) is 24.2 Å². The number of hydrogen-bond acceptors (Lipinski definition) is 7. The van der Waals surface area contributed by atoms with Gasteiger partial charge in [-0.1, -0.05) is 6.07 Å². The van der Waals surface area contributed by atoms with E-state index in [9.17, 15) is 4.79 Å². The molecule has 1 fully saturated rings. The van der Waals surface area contributed by atoms with Crippen LogP contribution in [0.5, 0.6) is 17.2 Å². The summed E-state index contributed by atoms with van der Waals surface area (Å²) in [6.07, 6.45) is 1.70. The highest BCUT2D eigenvalue weighted by molar-refractivity contribution is 5.87. The molecule has 1 atom stereocenters. The molecule has 0 bridgehead atoms. The van der Waals surface area contributed by atoms with E-state index >= 15 is 0 Å². The van der Waals surface area contributed by atoms with E-state index in [0.717, 1.165) is 53.0 Å². The number of anilines is 1. The molecule has 1 saturated heterocycles. The Hall–Kier alpha value is -3.55. The van der Waals surface area contributed by atoms with Crippen LogP contribution in [0.3, 0.4) is 0 Å². The Bertz CT molecular complexity index is 1150. The Morgan fingerprint density at radius 1 is 1.19 bits per heavy atom. The lowest BCUT2D eigenvalue weighted by Crippen LogP contribution is -2.43. The Morgan fingerprint density at radius 3 is 2.94 bits per heavy atom. The van der Waals surface area contributed by atoms with Crippen LogP contribution in [0.15, 0.2) is 36.4 Å². The van der Waals surface area contributed by atoms with Crippen molar-refractivity contribution in [3.8, 4) is 17.2 Å². The minimum atomic E-state index is -0.288. The minimum absolute atomic E-state index is 0.0220. The van der Waals surface area contributed by atoms with Crippen molar-refractivity contribution in [3.63, 3.8) is 0 Å². The van der Waals surface area contributed by atoms with Gasteiger partial charge in [-0.15, -0.1) is 0 Å². The van der Waals surface area contributed by atoms with Crippen LogP contribution in [-0.2, 0) is 11.3 Å². The summed E-state index contributed by atoms with van der Waals surface area (Å²) in [5.74, 6) is 2.79. The summed E-state index contributed by atoms with van der Waals surface area (Å²) < 4.78 is 16.1. The molecule has 3 heterocycles. The summed E-state index contributed by atoms with van der Waals surface area (Å²) >= 11 is 0. The van der Waals surface area contributed by atoms with Gasteiger partial charge in [0.05, 0.1) is 18.3 Å². The number of fused-ring (bicyclic) bond motifs is 2. The summed E-state index contributed by atoms with van der Waals surface area (Å²) in [7, 11) is 1.64. The molecule has 2 aliphatic rings. The Kier molecular flexibility index (Phi) is 4.97. The molecule has 1 amide bonds. The lowest BCUT2D eigenvalue weighted by molar-refractivity contribution is -0.122. The van der Waals surface area contributed by atoms with Crippen molar-refractivity contribution in [3.05, 3.63) is 47.7 Å². The Morgan fingerprint density at radius 2 is 2.06 bits per heavy atom. The molecule has 0 saturated carbocycles. The molecule has 8 nitrogen and oxygen atoms in total. The second-order valence-corrected chi connectivity index (χ2v) is 7.75. The highest BCUT2D eigenvalue weighted by Crippen LogP contribution is 2.32. The summed E-state index contributed by atoms with van der Waals surface area (Å²) in [5.41, 5.74) is 2.67. The largest absolute Gasteiger partial charge is 0.497 e. The number of ether oxygens (including phenoxy) is 3. The fourth-order valence-corrected chi connectivity index (χ4v) is 4.14. The third kappa shape index (κ3) is 3.69. The number of aromatic nitrogens is 2. The quantitative estimate of drug-likeness (QED) is 0.679. The van der Waals surface area contributed by atoms with Crippen molar-refractivity contribution in [2.45, 2.75) is 32.4 Å². The van der Waals surface area contributed by atoms with Crippen LogP contribution in [0.25, 0.3) is 10.9 Å². The maximum absolute atomic E-state index is 13.0. The number of hydrogen-bond donors (Lipinski definition) is 1. The molecule has 1 aromatic heterocycles. The van der Waals surface area contributed by atoms with Crippen molar-refractivity contribution in [2.75, 3.05) is 25.3 Å². The van der Waals surface area contributed by atoms with E-state index in [1.54, 1.807) is 7.11 Å². The molecule has 0 aliphatic carbocycles. The fourth-order valence-electron chi connectivity index (χ4n) is 4.14. The van der Waals surface area contributed by atoms with Crippen LogP contribution < -0.4 is 24.4 Å². The monoisotopic (exact) mass is 420 g/mol. The number of benzene rings is 2. The second-order valence-electron chi connectivity index (χ2n) is 7.75. The van der Waals surface area contributed by atoms with Crippen LogP contribution >= 0.6 is 0 Å². The average Bonchev–Trinajstić information content (AvgIpc) is 3.46. The van der Waals surface area contributed by atoms with Crippen LogP contribution in [0, 0.1) is 6.92 Å². The predicted octanol–water partition coefficient (Wildman–Crippen LogP) is 2.96. The van der Waals surface area contributed by atoms with Crippen molar-refractivity contribution in [1.82, 2.24) is 15.3 Å². The number of nitrogens with one attached hydrogen (secondary N) is 1. The van der Waals surface area contributed by atoms with Gasteiger partial charge >= 0.3 is 0 Å². The smallest absolute Gasteiger partial charge is 0.243 e. The Labute approximate surface area is 180 Å². The van der Waals surface area contributed by atoms with E-state index in [0.29, 0.717) is 18.2 Å². The summed E-state index contributed by atoms with van der Waals surface area (Å²) in [6.45, 7) is 3.37. The zero-order valence-corrected chi connectivity index (χ0v) is 17.6. The van der Waals surface area contributed by atoms with E-state index in [2.05, 4.69) is 5.32 Å². The van der Waals surface area contributed by atoms with E-state index in [1.807, 2.05) is 48.2 Å². The standard InChI is InChI=1S/C23H24N4O4/c1-14-17-11-16(29-2)6-7-18(17)26-23(25-14)27-9-3-4-19(27)22(28)24-12-15-5-8-20-21(10-15)31-13-30-20/h5-8,10-11,19H,3-4,9,12-13H2,1-2H3,(H,24,28)/t19-/m1/s1. The molecule has 160 valence electrons. The summed E-state index contributed by atoms with van der Waals surface area (Å²) in [6, 6.07) is 11.2. The van der Waals surface area contributed by atoms with Crippen LogP contribution in [0.2, 0.25) is 0 Å². The van der Waals surface area contributed by atoms with Gasteiger partial charge in [0.2, 0.25) is 18.6 Å². The number of nitrogens with zero attached hydrogens (tertiary/aromatic N) is 3. The number of carbonyl (C=O) groups excluding carboxylic acids is 1. The summed E-state index contributed by atoms with van der Waals surface area (Å²) in [5, 5.41) is 4.00. The number of rotatable bonds is 5. The molecule has 5 rings (SSSR count). The predicted molar refractivity (Wildman–Crippen MR) is 116 cm³/mol. The van der Waals surface area contributed by atoms with Gasteiger partial charge in [-0.3, -0.25) is 4.79 Å². The van der Waals surface area contributed by atoms with E-state index in [-0.39, 0.29) is 18.7 Å². The van der Waals surface area contributed by atoms with Gasteiger partial charge in [0.1, 0.15) is 11.8 Å². The SMILES string of the molecule is COc1ccc2nc(N3CCC[C@@H]3C(=O)NCc3ccc4c(c3)OCO4)nc(C)c2c1. The normalized spacial score (nSPS) is 17.2. The number of amides is 1. The lowest BCUT2D eigenvalue weighted by atomic mass is 10.1. The van der Waals surface area contributed by atoms with Gasteiger partial charge in [0.15, 0.2) is 11.5 Å². The fraction of sp³-hybridized carbons (Fsp3) is 0.348. The maximum atomic E-state index is 13.0. The number of aryl methyl sites for hydroxylation is 1. The maximum Gasteiger partial charge on any atom is 0.243 e. The van der Waals surface area contributed by atoms with Crippen LogP contribution in [0.4, 0.5) is 5.95 Å². The molecule has 2 aliphatic heterocycles. The van der Waals surface area contributed by atoms with Crippen LogP contribution in [0.1, 0.15) is 24.1 Å². The molecule has 8 heteroatoms. The van der Waals surface area contributed by atoms with Crippen molar-refractivity contribution >= 4 is 22.8 Å². The zero-order chi connectivity index (χ0) is 21.4. The molecule has 31 heavy (non-hydrogen) atoms. The van der Waals surface area contributed by atoms with Gasteiger partial charge in [0, 0.05) is 18.5 Å².